The summed E-state index contributed by atoms with van der Waals surface area (Å²) in [6.07, 6.45) is -0.568. The number of nitrogens with one attached hydrogen (secondary N) is 1. The van der Waals surface area contributed by atoms with E-state index in [1.807, 2.05) is 30.3 Å². The number of hydrogen-bond acceptors (Lipinski definition) is 7. The second kappa shape index (κ2) is 7.62. The van der Waals surface area contributed by atoms with E-state index in [2.05, 4.69) is 15.5 Å². The van der Waals surface area contributed by atoms with Crippen LogP contribution in [0.4, 0.5) is 11.4 Å². The highest BCUT2D eigenvalue weighted by atomic mass is 35.5. The summed E-state index contributed by atoms with van der Waals surface area (Å²) in [5.74, 6) is 0.677. The van der Waals surface area contributed by atoms with E-state index < -0.39 is 13.3 Å². The molecule has 0 aromatic heterocycles. The van der Waals surface area contributed by atoms with Crippen LogP contribution in [0.25, 0.3) is 0 Å². The van der Waals surface area contributed by atoms with Gasteiger partial charge in [0.25, 0.3) is 0 Å². The van der Waals surface area contributed by atoms with Crippen molar-refractivity contribution in [3.05, 3.63) is 48.5 Å². The van der Waals surface area contributed by atoms with Crippen LogP contribution in [0.2, 0.25) is 0 Å². The average molecular weight is 406 g/mol. The molecule has 2 aromatic carbocycles. The Morgan fingerprint density at radius 3 is 2.52 bits per heavy atom. The molecule has 142 valence electrons. The highest BCUT2D eigenvalue weighted by Crippen LogP contribution is 2.39. The number of benzene rings is 2. The van der Waals surface area contributed by atoms with E-state index in [4.69, 9.17) is 22.1 Å². The van der Waals surface area contributed by atoms with Crippen LogP contribution in [0.5, 0.6) is 5.75 Å². The summed E-state index contributed by atoms with van der Waals surface area (Å²) in [5, 5.41) is 12.1. The van der Waals surface area contributed by atoms with Gasteiger partial charge in [0.15, 0.2) is 11.3 Å². The molecule has 0 saturated heterocycles. The van der Waals surface area contributed by atoms with Crippen molar-refractivity contribution in [2.24, 2.45) is 15.9 Å². The van der Waals surface area contributed by atoms with Gasteiger partial charge < -0.3 is 20.4 Å². The Bertz CT molecular complexity index is 942. The van der Waals surface area contributed by atoms with Crippen molar-refractivity contribution < 1.29 is 9.30 Å². The lowest BCUT2D eigenvalue weighted by molar-refractivity contribution is 0.415. The van der Waals surface area contributed by atoms with E-state index in [-0.39, 0.29) is 11.1 Å². The van der Waals surface area contributed by atoms with Gasteiger partial charge in [0, 0.05) is 11.0 Å². The zero-order chi connectivity index (χ0) is 19.6. The number of anilines is 2. The molecule has 7 nitrogen and oxygen atoms in total. The van der Waals surface area contributed by atoms with Crippen molar-refractivity contribution >= 4 is 46.6 Å². The lowest BCUT2D eigenvalue weighted by atomic mass is 10.2. The highest BCUT2D eigenvalue weighted by Gasteiger charge is 2.32. The molecule has 3 rings (SSSR count). The van der Waals surface area contributed by atoms with Crippen molar-refractivity contribution in [2.75, 3.05) is 30.7 Å². The molecule has 2 aromatic rings. The summed E-state index contributed by atoms with van der Waals surface area (Å²) in [5.41, 5.74) is 7.61. The van der Waals surface area contributed by atoms with E-state index >= 15 is 0 Å². The first-order valence-electron chi connectivity index (χ1n) is 8.22. The molecule has 0 amide bonds. The first-order valence-corrected chi connectivity index (χ1v) is 11.2. The first-order chi connectivity index (χ1) is 12.8. The predicted molar refractivity (Wildman–Crippen MR) is 113 cm³/mol. The van der Waals surface area contributed by atoms with Crippen molar-refractivity contribution in [1.82, 2.24) is 0 Å². The Labute approximate surface area is 163 Å². The van der Waals surface area contributed by atoms with Crippen LogP contribution in [-0.2, 0) is 4.57 Å². The standard InChI is InChI=1S/C18H21ClN5O2P/c1-26-15-11-13(27(2,3)25)9-10-14(15)24-17(16(19)22-23-18(24)20)21-12-7-5-4-6-8-12/h4-11,17,21H,1-3H3,(H2,20,23). The highest BCUT2D eigenvalue weighted by molar-refractivity contribution is 7.70. The summed E-state index contributed by atoms with van der Waals surface area (Å²) in [7, 11) is -0.894. The zero-order valence-corrected chi connectivity index (χ0v) is 16.9. The van der Waals surface area contributed by atoms with Gasteiger partial charge in [-0.15, -0.1) is 10.2 Å². The second-order valence-electron chi connectivity index (χ2n) is 6.37. The quantitative estimate of drug-likeness (QED) is 0.746. The molecule has 0 radical (unpaired) electrons. The number of guanidine groups is 1. The third kappa shape index (κ3) is 4.10. The SMILES string of the molecule is COc1cc(P(C)(C)=O)ccc1N1C(N)=NN=C(Cl)C1Nc1ccccc1. The fourth-order valence-electron chi connectivity index (χ4n) is 2.72. The topological polar surface area (TPSA) is 92.3 Å². The van der Waals surface area contributed by atoms with E-state index in [1.165, 1.54) is 0 Å². The molecule has 1 aliphatic rings. The van der Waals surface area contributed by atoms with Crippen molar-refractivity contribution in [3.8, 4) is 5.75 Å². The van der Waals surface area contributed by atoms with Gasteiger partial charge in [-0.25, -0.2) is 0 Å². The van der Waals surface area contributed by atoms with E-state index in [0.717, 1.165) is 5.69 Å². The minimum atomic E-state index is -2.44. The van der Waals surface area contributed by atoms with Gasteiger partial charge in [-0.1, -0.05) is 29.8 Å². The van der Waals surface area contributed by atoms with Crippen LogP contribution < -0.4 is 26.0 Å². The average Bonchev–Trinajstić information content (AvgIpc) is 2.65. The predicted octanol–water partition coefficient (Wildman–Crippen LogP) is 3.07. The van der Waals surface area contributed by atoms with Gasteiger partial charge in [-0.05, 0) is 43.7 Å². The van der Waals surface area contributed by atoms with Crippen LogP contribution >= 0.6 is 18.7 Å². The number of nitrogens with zero attached hydrogens (tertiary/aromatic N) is 3. The summed E-state index contributed by atoms with van der Waals surface area (Å²) in [4.78, 5) is 1.70. The number of para-hydroxylation sites is 1. The van der Waals surface area contributed by atoms with Crippen LogP contribution in [0, 0.1) is 0 Å². The fourth-order valence-corrected chi connectivity index (χ4v) is 3.77. The summed E-state index contributed by atoms with van der Waals surface area (Å²) in [6.45, 7) is 3.42. The summed E-state index contributed by atoms with van der Waals surface area (Å²) < 4.78 is 18.0. The van der Waals surface area contributed by atoms with E-state index in [0.29, 0.717) is 16.7 Å². The molecule has 0 spiro atoms. The molecule has 3 N–H and O–H groups in total. The number of methoxy groups -OCH3 is 1. The maximum Gasteiger partial charge on any atom is 0.223 e. The number of nitrogens with two attached hydrogens (primary N) is 1. The van der Waals surface area contributed by atoms with Crippen molar-refractivity contribution in [3.63, 3.8) is 0 Å². The third-order valence-corrected chi connectivity index (χ3v) is 5.90. The number of hydrogen-bond donors (Lipinski definition) is 2. The lowest BCUT2D eigenvalue weighted by Gasteiger charge is -2.35. The van der Waals surface area contributed by atoms with Gasteiger partial charge in [0.05, 0.1) is 12.8 Å². The number of ether oxygens (including phenoxy) is 1. The molecule has 1 unspecified atom stereocenters. The Morgan fingerprint density at radius 2 is 1.89 bits per heavy atom. The molecule has 0 saturated carbocycles. The summed E-state index contributed by atoms with van der Waals surface area (Å²) >= 11 is 6.34. The molecule has 0 bridgehead atoms. The molecule has 1 heterocycles. The Balaban J connectivity index is 2.05. The van der Waals surface area contributed by atoms with Crippen LogP contribution in [-0.4, -0.2) is 37.7 Å². The van der Waals surface area contributed by atoms with Gasteiger partial charge >= 0.3 is 0 Å². The zero-order valence-electron chi connectivity index (χ0n) is 15.3. The smallest absolute Gasteiger partial charge is 0.223 e. The maximum atomic E-state index is 12.4. The fraction of sp³-hybridized carbons (Fsp3) is 0.222. The lowest BCUT2D eigenvalue weighted by Crippen LogP contribution is -2.53. The molecular weight excluding hydrogens is 385 g/mol. The molecular formula is C18H21ClN5O2P. The minimum absolute atomic E-state index is 0.162. The largest absolute Gasteiger partial charge is 0.495 e. The Morgan fingerprint density at radius 1 is 1.19 bits per heavy atom. The van der Waals surface area contributed by atoms with Crippen LogP contribution in [0.3, 0.4) is 0 Å². The molecule has 1 atom stereocenters. The third-order valence-electron chi connectivity index (χ3n) is 4.10. The molecule has 1 aliphatic heterocycles. The Kier molecular flexibility index (Phi) is 5.44. The first kappa shape index (κ1) is 19.3. The normalized spacial score (nSPS) is 17.2. The van der Waals surface area contributed by atoms with Crippen LogP contribution in [0.1, 0.15) is 0 Å². The monoisotopic (exact) mass is 405 g/mol. The molecule has 27 heavy (non-hydrogen) atoms. The van der Waals surface area contributed by atoms with Gasteiger partial charge in [-0.3, -0.25) is 4.90 Å². The van der Waals surface area contributed by atoms with Crippen molar-refractivity contribution in [1.29, 1.82) is 0 Å². The van der Waals surface area contributed by atoms with Crippen molar-refractivity contribution in [2.45, 2.75) is 6.17 Å². The maximum absolute atomic E-state index is 12.4. The van der Waals surface area contributed by atoms with Gasteiger partial charge in [0.1, 0.15) is 12.9 Å². The number of halogens is 1. The van der Waals surface area contributed by atoms with Crippen LogP contribution in [0.15, 0.2) is 58.7 Å². The second-order valence-corrected chi connectivity index (χ2v) is 9.98. The van der Waals surface area contributed by atoms with E-state index in [1.54, 1.807) is 43.5 Å². The minimum Gasteiger partial charge on any atom is -0.495 e. The van der Waals surface area contributed by atoms with E-state index in [9.17, 15) is 4.57 Å². The number of rotatable bonds is 5. The summed E-state index contributed by atoms with van der Waals surface area (Å²) in [6, 6.07) is 14.9. The van der Waals surface area contributed by atoms with Gasteiger partial charge in [0.2, 0.25) is 5.96 Å². The Hall–Kier alpha value is -2.50. The van der Waals surface area contributed by atoms with Gasteiger partial charge in [-0.2, -0.15) is 0 Å². The molecule has 9 heteroatoms. The molecule has 0 fully saturated rings. The molecule has 0 aliphatic carbocycles.